The maximum Gasteiger partial charge on any atom is 0.139 e. The first-order valence-corrected chi connectivity index (χ1v) is 12.9. The van der Waals surface area contributed by atoms with Crippen LogP contribution in [0.3, 0.4) is 0 Å². The molecule has 1 aromatic carbocycles. The summed E-state index contributed by atoms with van der Waals surface area (Å²) in [5, 5.41) is 14.3. The lowest BCUT2D eigenvalue weighted by Gasteiger charge is -2.30. The highest BCUT2D eigenvalue weighted by Crippen LogP contribution is 2.34. The van der Waals surface area contributed by atoms with E-state index in [1.165, 1.54) is 44.2 Å². The van der Waals surface area contributed by atoms with E-state index in [0.29, 0.717) is 22.9 Å². The van der Waals surface area contributed by atoms with Crippen molar-refractivity contribution in [1.82, 2.24) is 14.7 Å². The first-order valence-electron chi connectivity index (χ1n) is 12.5. The molecule has 0 bridgehead atoms. The van der Waals surface area contributed by atoms with Crippen LogP contribution in [0.15, 0.2) is 36.7 Å². The van der Waals surface area contributed by atoms with Crippen molar-refractivity contribution in [2.24, 2.45) is 5.92 Å². The van der Waals surface area contributed by atoms with Crippen molar-refractivity contribution in [1.29, 1.82) is 0 Å². The molecule has 2 aromatic heterocycles. The number of fused-ring (bicyclic) bond motifs is 1. The highest BCUT2D eigenvalue weighted by molar-refractivity contribution is 6.32. The van der Waals surface area contributed by atoms with Gasteiger partial charge in [-0.05, 0) is 55.9 Å². The molecule has 34 heavy (non-hydrogen) atoms. The third kappa shape index (κ3) is 4.77. The highest BCUT2D eigenvalue weighted by atomic mass is 35.5. The number of methoxy groups -OCH3 is 1. The predicted octanol–water partition coefficient (Wildman–Crippen LogP) is 5.29. The summed E-state index contributed by atoms with van der Waals surface area (Å²) in [4.78, 5) is 7.32. The topological polar surface area (TPSA) is 62.0 Å². The Morgan fingerprint density at radius 2 is 2.03 bits per heavy atom. The smallest absolute Gasteiger partial charge is 0.139 e. The Hall–Kier alpha value is -2.28. The molecule has 2 aliphatic rings. The second kappa shape index (κ2) is 10.1. The first kappa shape index (κ1) is 23.5. The molecule has 2 atom stereocenters. The van der Waals surface area contributed by atoms with Gasteiger partial charge in [-0.25, -0.2) is 4.98 Å². The second-order valence-corrected chi connectivity index (χ2v) is 10.3. The zero-order valence-corrected chi connectivity index (χ0v) is 20.9. The van der Waals surface area contributed by atoms with Crippen molar-refractivity contribution in [2.75, 3.05) is 25.1 Å². The van der Waals surface area contributed by atoms with Gasteiger partial charge in [0.15, 0.2) is 0 Å². The van der Waals surface area contributed by atoms with Crippen LogP contribution in [0, 0.1) is 5.92 Å². The van der Waals surface area contributed by atoms with Crippen molar-refractivity contribution < 1.29 is 9.84 Å². The SMILES string of the molecule is COc1cc(CO)c(-c2cn3ccc(N4CC[C@H](NC(C)C5CCCCC5)C4)cc3n2)cc1Cl. The average molecular weight is 483 g/mol. The normalized spacial score (nSPS) is 20.2. The van der Waals surface area contributed by atoms with E-state index in [2.05, 4.69) is 35.5 Å². The third-order valence-electron chi connectivity index (χ3n) is 7.68. The van der Waals surface area contributed by atoms with Gasteiger partial charge in [-0.2, -0.15) is 0 Å². The van der Waals surface area contributed by atoms with Crippen LogP contribution < -0.4 is 15.0 Å². The monoisotopic (exact) mass is 482 g/mol. The van der Waals surface area contributed by atoms with Crippen molar-refractivity contribution in [2.45, 2.75) is 64.1 Å². The van der Waals surface area contributed by atoms with Crippen LogP contribution in [0.2, 0.25) is 5.02 Å². The van der Waals surface area contributed by atoms with E-state index in [4.69, 9.17) is 21.3 Å². The van der Waals surface area contributed by atoms with Crippen LogP contribution in [0.1, 0.15) is 51.0 Å². The van der Waals surface area contributed by atoms with Gasteiger partial charge in [0.25, 0.3) is 0 Å². The summed E-state index contributed by atoms with van der Waals surface area (Å²) in [6.07, 6.45) is 12.2. The number of ether oxygens (including phenoxy) is 1. The highest BCUT2D eigenvalue weighted by Gasteiger charge is 2.27. The van der Waals surface area contributed by atoms with E-state index in [1.54, 1.807) is 13.2 Å². The van der Waals surface area contributed by atoms with Gasteiger partial charge in [0.1, 0.15) is 11.4 Å². The summed E-state index contributed by atoms with van der Waals surface area (Å²) in [7, 11) is 1.57. The number of pyridine rings is 1. The summed E-state index contributed by atoms with van der Waals surface area (Å²) >= 11 is 6.36. The number of anilines is 1. The van der Waals surface area contributed by atoms with Crippen LogP contribution >= 0.6 is 11.6 Å². The molecule has 2 fully saturated rings. The molecule has 1 aliphatic heterocycles. The van der Waals surface area contributed by atoms with E-state index in [1.807, 2.05) is 16.7 Å². The Balaban J connectivity index is 1.31. The predicted molar refractivity (Wildman–Crippen MR) is 138 cm³/mol. The fourth-order valence-corrected chi connectivity index (χ4v) is 5.93. The van der Waals surface area contributed by atoms with Crippen LogP contribution in [0.5, 0.6) is 5.75 Å². The van der Waals surface area contributed by atoms with Crippen molar-refractivity contribution >= 4 is 22.9 Å². The molecule has 0 spiro atoms. The fourth-order valence-electron chi connectivity index (χ4n) is 5.69. The van der Waals surface area contributed by atoms with Gasteiger partial charge in [0.05, 0.1) is 24.4 Å². The minimum atomic E-state index is -0.108. The van der Waals surface area contributed by atoms with Crippen LogP contribution in [0.4, 0.5) is 5.69 Å². The number of halogens is 1. The molecular formula is C27H35ClN4O2. The maximum atomic E-state index is 9.88. The Bertz CT molecular complexity index is 1140. The Morgan fingerprint density at radius 1 is 1.21 bits per heavy atom. The summed E-state index contributed by atoms with van der Waals surface area (Å²) < 4.78 is 7.32. The number of aromatic nitrogens is 2. The van der Waals surface area contributed by atoms with Crippen LogP contribution in [-0.4, -0.2) is 46.8 Å². The van der Waals surface area contributed by atoms with Gasteiger partial charge in [-0.1, -0.05) is 30.9 Å². The molecule has 0 radical (unpaired) electrons. The number of aliphatic hydroxyl groups excluding tert-OH is 1. The molecule has 6 nitrogen and oxygen atoms in total. The van der Waals surface area contributed by atoms with Crippen molar-refractivity contribution in [3.63, 3.8) is 0 Å². The first-order chi connectivity index (χ1) is 16.6. The van der Waals surface area contributed by atoms with E-state index < -0.39 is 0 Å². The van der Waals surface area contributed by atoms with Crippen molar-refractivity contribution in [3.8, 4) is 17.0 Å². The number of rotatable bonds is 7. The number of aliphatic hydroxyl groups is 1. The molecule has 3 heterocycles. The molecule has 1 saturated heterocycles. The number of benzene rings is 1. The van der Waals surface area contributed by atoms with E-state index in [9.17, 15) is 5.11 Å². The Labute approximate surface area is 206 Å². The molecule has 182 valence electrons. The van der Waals surface area contributed by atoms with Gasteiger partial charge in [0, 0.05) is 54.9 Å². The summed E-state index contributed by atoms with van der Waals surface area (Å²) in [6, 6.07) is 9.05. The number of nitrogens with zero attached hydrogens (tertiary/aromatic N) is 3. The molecule has 3 aromatic rings. The summed E-state index contributed by atoms with van der Waals surface area (Å²) in [5.41, 5.74) is 4.43. The van der Waals surface area contributed by atoms with Crippen molar-refractivity contribution in [3.05, 3.63) is 47.2 Å². The van der Waals surface area contributed by atoms with Gasteiger partial charge in [0.2, 0.25) is 0 Å². The van der Waals surface area contributed by atoms with Gasteiger partial charge >= 0.3 is 0 Å². The average Bonchev–Trinajstić information content (AvgIpc) is 3.51. The quantitative estimate of drug-likeness (QED) is 0.479. The fraction of sp³-hybridized carbons (Fsp3) is 0.519. The second-order valence-electron chi connectivity index (χ2n) is 9.86. The summed E-state index contributed by atoms with van der Waals surface area (Å²) in [5.74, 6) is 1.38. The molecule has 1 saturated carbocycles. The lowest BCUT2D eigenvalue weighted by atomic mass is 9.84. The zero-order chi connectivity index (χ0) is 23.7. The Morgan fingerprint density at radius 3 is 2.79 bits per heavy atom. The number of nitrogens with one attached hydrogen (secondary N) is 1. The van der Waals surface area contributed by atoms with Gasteiger partial charge in [-0.15, -0.1) is 0 Å². The largest absolute Gasteiger partial charge is 0.495 e. The van der Waals surface area contributed by atoms with E-state index in [0.717, 1.165) is 41.5 Å². The number of imidazole rings is 1. The standard InChI is InChI=1S/C27H35ClN4O2/c1-18(19-6-4-3-5-7-19)29-21-8-10-31(15-21)22-9-11-32-16-25(30-27(32)13-22)23-14-24(28)26(34-2)12-20(23)17-33/h9,11-14,16,18-19,21,29,33H,3-8,10,15,17H2,1-2H3/t18?,21-/m0/s1. The lowest BCUT2D eigenvalue weighted by molar-refractivity contribution is 0.267. The molecular weight excluding hydrogens is 448 g/mol. The maximum absolute atomic E-state index is 9.88. The molecule has 1 unspecified atom stereocenters. The minimum Gasteiger partial charge on any atom is -0.495 e. The summed E-state index contributed by atoms with van der Waals surface area (Å²) in [6.45, 7) is 4.36. The van der Waals surface area contributed by atoms with E-state index >= 15 is 0 Å². The molecule has 2 N–H and O–H groups in total. The number of hydrogen-bond donors (Lipinski definition) is 2. The molecule has 7 heteroatoms. The zero-order valence-electron chi connectivity index (χ0n) is 20.1. The molecule has 1 aliphatic carbocycles. The van der Waals surface area contributed by atoms with E-state index in [-0.39, 0.29) is 6.61 Å². The minimum absolute atomic E-state index is 0.108. The van der Waals surface area contributed by atoms with Crippen LogP contribution in [-0.2, 0) is 6.61 Å². The Kier molecular flexibility index (Phi) is 7.00. The van der Waals surface area contributed by atoms with Gasteiger partial charge < -0.3 is 24.5 Å². The van der Waals surface area contributed by atoms with Gasteiger partial charge in [-0.3, -0.25) is 0 Å². The molecule has 5 rings (SSSR count). The number of hydrogen-bond acceptors (Lipinski definition) is 5. The molecule has 0 amide bonds. The third-order valence-corrected chi connectivity index (χ3v) is 7.97. The van der Waals surface area contributed by atoms with Crippen LogP contribution in [0.25, 0.3) is 16.9 Å². The lowest BCUT2D eigenvalue weighted by Crippen LogP contribution is -2.43.